The molecule has 0 saturated carbocycles. The van der Waals surface area contributed by atoms with E-state index in [0.29, 0.717) is 5.56 Å². The molecule has 1 saturated heterocycles. The summed E-state index contributed by atoms with van der Waals surface area (Å²) < 4.78 is 38.8. The van der Waals surface area contributed by atoms with Crippen LogP contribution in [0.4, 0.5) is 23.7 Å². The van der Waals surface area contributed by atoms with E-state index < -0.39 is 43.1 Å². The second kappa shape index (κ2) is 6.50. The number of benzene rings is 1. The summed E-state index contributed by atoms with van der Waals surface area (Å²) in [6.07, 6.45) is -4.70. The van der Waals surface area contributed by atoms with Gasteiger partial charge in [-0.15, -0.1) is 0 Å². The Hall–Kier alpha value is -2.58. The molecule has 0 radical (unpaired) electrons. The van der Waals surface area contributed by atoms with Crippen molar-refractivity contribution in [3.8, 4) is 0 Å². The maximum Gasteiger partial charge on any atom is 0.394 e. The van der Waals surface area contributed by atoms with Crippen LogP contribution in [0.5, 0.6) is 0 Å². The summed E-state index contributed by atoms with van der Waals surface area (Å²) in [6, 6.07) is 5.10. The lowest BCUT2D eigenvalue weighted by atomic mass is 9.96. The SMILES string of the molecule is CC(=O)c1cccc(NC(=O)N2C[C@@H](C(F)(F)F)[C@H](C(=O)O)C2)c1. The first-order valence-corrected chi connectivity index (χ1v) is 7.06. The van der Waals surface area contributed by atoms with Crippen LogP contribution in [0.1, 0.15) is 17.3 Å². The number of urea groups is 1. The fourth-order valence-corrected chi connectivity index (χ4v) is 2.57. The topological polar surface area (TPSA) is 86.7 Å². The number of likely N-dealkylation sites (tertiary alicyclic amines) is 1. The lowest BCUT2D eigenvalue weighted by Gasteiger charge is -2.18. The van der Waals surface area contributed by atoms with Crippen molar-refractivity contribution >= 4 is 23.5 Å². The monoisotopic (exact) mass is 344 g/mol. The van der Waals surface area contributed by atoms with Crippen molar-refractivity contribution in [2.45, 2.75) is 13.1 Å². The van der Waals surface area contributed by atoms with E-state index in [4.69, 9.17) is 5.11 Å². The lowest BCUT2D eigenvalue weighted by Crippen LogP contribution is -2.35. The number of amides is 2. The van der Waals surface area contributed by atoms with Gasteiger partial charge in [0.1, 0.15) is 0 Å². The third-order valence-corrected chi connectivity index (χ3v) is 3.87. The van der Waals surface area contributed by atoms with Crippen LogP contribution in [0.3, 0.4) is 0 Å². The Morgan fingerprint density at radius 1 is 1.25 bits per heavy atom. The Balaban J connectivity index is 2.12. The maximum absolute atomic E-state index is 12.9. The highest BCUT2D eigenvalue weighted by Gasteiger charge is 2.53. The first kappa shape index (κ1) is 17.8. The van der Waals surface area contributed by atoms with Gasteiger partial charge < -0.3 is 15.3 Å². The van der Waals surface area contributed by atoms with E-state index in [1.165, 1.54) is 31.2 Å². The van der Waals surface area contributed by atoms with Gasteiger partial charge in [0.15, 0.2) is 5.78 Å². The molecule has 1 aliphatic heterocycles. The van der Waals surface area contributed by atoms with E-state index >= 15 is 0 Å². The zero-order valence-electron chi connectivity index (χ0n) is 12.6. The molecule has 1 heterocycles. The van der Waals surface area contributed by atoms with Crippen LogP contribution in [0.15, 0.2) is 24.3 Å². The first-order chi connectivity index (χ1) is 11.1. The minimum Gasteiger partial charge on any atom is -0.481 e. The molecule has 0 spiro atoms. The normalized spacial score (nSPS) is 20.8. The molecule has 6 nitrogen and oxygen atoms in total. The van der Waals surface area contributed by atoms with Crippen LogP contribution in [0.2, 0.25) is 0 Å². The van der Waals surface area contributed by atoms with Crippen LogP contribution in [0.25, 0.3) is 0 Å². The predicted octanol–water partition coefficient (Wildman–Crippen LogP) is 2.62. The Labute approximate surface area is 135 Å². The fraction of sp³-hybridized carbons (Fsp3) is 0.400. The number of carboxylic acid groups (broad SMARTS) is 1. The largest absolute Gasteiger partial charge is 0.481 e. The third kappa shape index (κ3) is 3.84. The average Bonchev–Trinajstić information content (AvgIpc) is 2.93. The molecule has 0 aromatic heterocycles. The maximum atomic E-state index is 12.9. The van der Waals surface area contributed by atoms with Gasteiger partial charge in [-0.3, -0.25) is 9.59 Å². The number of aliphatic carboxylic acids is 1. The zero-order chi connectivity index (χ0) is 18.1. The van der Waals surface area contributed by atoms with E-state index in [1.54, 1.807) is 0 Å². The van der Waals surface area contributed by atoms with Crippen molar-refractivity contribution < 1.29 is 32.7 Å². The molecule has 2 amide bonds. The van der Waals surface area contributed by atoms with E-state index in [1.807, 2.05) is 0 Å². The molecule has 0 bridgehead atoms. The number of anilines is 1. The van der Waals surface area contributed by atoms with Gasteiger partial charge in [-0.25, -0.2) is 4.79 Å². The number of hydrogen-bond donors (Lipinski definition) is 2. The van der Waals surface area contributed by atoms with Crippen molar-refractivity contribution in [2.24, 2.45) is 11.8 Å². The number of nitrogens with zero attached hydrogens (tertiary/aromatic N) is 1. The van der Waals surface area contributed by atoms with Crippen LogP contribution in [-0.4, -0.2) is 47.1 Å². The average molecular weight is 344 g/mol. The second-order valence-electron chi connectivity index (χ2n) is 5.56. The molecular weight excluding hydrogens is 329 g/mol. The quantitative estimate of drug-likeness (QED) is 0.825. The van der Waals surface area contributed by atoms with Gasteiger partial charge >= 0.3 is 18.2 Å². The minimum absolute atomic E-state index is 0.227. The molecule has 24 heavy (non-hydrogen) atoms. The zero-order valence-corrected chi connectivity index (χ0v) is 12.6. The van der Waals surface area contributed by atoms with Crippen LogP contribution in [0, 0.1) is 11.8 Å². The molecule has 130 valence electrons. The number of alkyl halides is 3. The first-order valence-electron chi connectivity index (χ1n) is 7.06. The van der Waals surface area contributed by atoms with Crippen LogP contribution in [-0.2, 0) is 4.79 Å². The summed E-state index contributed by atoms with van der Waals surface area (Å²) in [4.78, 5) is 35.2. The molecule has 1 aliphatic rings. The van der Waals surface area contributed by atoms with Gasteiger partial charge in [0.2, 0.25) is 0 Å². The summed E-state index contributed by atoms with van der Waals surface area (Å²) in [6.45, 7) is 0.0865. The van der Waals surface area contributed by atoms with Gasteiger partial charge in [0, 0.05) is 24.3 Å². The Morgan fingerprint density at radius 3 is 2.42 bits per heavy atom. The highest BCUT2D eigenvalue weighted by Crippen LogP contribution is 2.37. The second-order valence-corrected chi connectivity index (χ2v) is 5.56. The van der Waals surface area contributed by atoms with E-state index in [9.17, 15) is 27.6 Å². The Kier molecular flexibility index (Phi) is 4.81. The number of carboxylic acids is 1. The molecule has 0 aliphatic carbocycles. The number of carbonyl (C=O) groups is 3. The highest BCUT2D eigenvalue weighted by atomic mass is 19.4. The molecule has 9 heteroatoms. The van der Waals surface area contributed by atoms with E-state index in [0.717, 1.165) is 4.90 Å². The summed E-state index contributed by atoms with van der Waals surface area (Å²) in [5, 5.41) is 11.3. The highest BCUT2D eigenvalue weighted by molar-refractivity contribution is 5.96. The van der Waals surface area contributed by atoms with Crippen molar-refractivity contribution in [3.05, 3.63) is 29.8 Å². The lowest BCUT2D eigenvalue weighted by molar-refractivity contribution is -0.187. The summed E-state index contributed by atoms with van der Waals surface area (Å²) >= 11 is 0. The minimum atomic E-state index is -4.70. The van der Waals surface area contributed by atoms with Gasteiger partial charge in [0.25, 0.3) is 0 Å². The van der Waals surface area contributed by atoms with E-state index in [2.05, 4.69) is 5.32 Å². The van der Waals surface area contributed by atoms with Gasteiger partial charge in [-0.2, -0.15) is 13.2 Å². The number of ketones is 1. The Bertz CT molecular complexity index is 675. The third-order valence-electron chi connectivity index (χ3n) is 3.87. The number of hydrogen-bond acceptors (Lipinski definition) is 3. The summed E-state index contributed by atoms with van der Waals surface area (Å²) in [5.74, 6) is -5.62. The van der Waals surface area contributed by atoms with Crippen molar-refractivity contribution in [3.63, 3.8) is 0 Å². The number of rotatable bonds is 3. The number of Topliss-reactive ketones (excluding diaryl/α,β-unsaturated/α-hetero) is 1. The smallest absolute Gasteiger partial charge is 0.394 e. The fourth-order valence-electron chi connectivity index (χ4n) is 2.57. The molecule has 2 N–H and O–H groups in total. The molecule has 2 atom stereocenters. The summed E-state index contributed by atoms with van der Waals surface area (Å²) in [5.41, 5.74) is 0.584. The van der Waals surface area contributed by atoms with Gasteiger partial charge in [-0.05, 0) is 19.1 Å². The molecule has 2 rings (SSSR count). The predicted molar refractivity (Wildman–Crippen MR) is 77.7 cm³/mol. The van der Waals surface area contributed by atoms with E-state index in [-0.39, 0.29) is 11.5 Å². The number of halogens is 3. The number of nitrogens with one attached hydrogen (secondary N) is 1. The number of carbonyl (C=O) groups excluding carboxylic acids is 2. The van der Waals surface area contributed by atoms with Gasteiger partial charge in [0.05, 0.1) is 11.8 Å². The van der Waals surface area contributed by atoms with Crippen molar-refractivity contribution in [1.29, 1.82) is 0 Å². The van der Waals surface area contributed by atoms with Crippen molar-refractivity contribution in [2.75, 3.05) is 18.4 Å². The Morgan fingerprint density at radius 2 is 1.92 bits per heavy atom. The van der Waals surface area contributed by atoms with Crippen molar-refractivity contribution in [1.82, 2.24) is 4.90 Å². The van der Waals surface area contributed by atoms with Gasteiger partial charge in [-0.1, -0.05) is 12.1 Å². The molecular formula is C15H15F3N2O4. The standard InChI is InChI=1S/C15H15F3N2O4/c1-8(21)9-3-2-4-10(5-9)19-14(24)20-6-11(13(22)23)12(7-20)15(16,17)18/h2-5,11-12H,6-7H2,1H3,(H,19,24)(H,22,23)/t11-,12-/m1/s1. The molecule has 1 aromatic carbocycles. The van der Waals surface area contributed by atoms with Crippen LogP contribution < -0.4 is 5.32 Å². The molecule has 0 unspecified atom stereocenters. The molecule has 1 aromatic rings. The van der Waals surface area contributed by atoms with Crippen LogP contribution >= 0.6 is 0 Å². The summed E-state index contributed by atoms with van der Waals surface area (Å²) in [7, 11) is 0. The molecule has 1 fully saturated rings.